The largest absolute Gasteiger partial charge is 0.402 e. The molecule has 0 spiro atoms. The highest BCUT2D eigenvalue weighted by Gasteiger charge is 2.59. The number of hydrogen-bond acceptors (Lipinski definition) is 2. The van der Waals surface area contributed by atoms with Crippen LogP contribution in [0.4, 0.5) is 26.3 Å². The number of rotatable bonds is 2. The van der Waals surface area contributed by atoms with E-state index in [4.69, 9.17) is 9.97 Å². The van der Waals surface area contributed by atoms with Gasteiger partial charge >= 0.3 is 12.4 Å². The van der Waals surface area contributed by atoms with Crippen LogP contribution >= 0.6 is 0 Å². The molecule has 51 heavy (non-hydrogen) atoms. The molecule has 2 nitrogen and oxygen atoms in total. The van der Waals surface area contributed by atoms with Crippen molar-refractivity contribution in [1.82, 2.24) is 9.97 Å². The predicted octanol–water partition coefficient (Wildman–Crippen LogP) is 11.8. The summed E-state index contributed by atoms with van der Waals surface area (Å²) in [4.78, 5) is 9.68. The Morgan fingerprint density at radius 3 is 1.20 bits per heavy atom. The Morgan fingerprint density at radius 2 is 0.804 bits per heavy atom. The molecule has 4 aromatic carbocycles. The van der Waals surface area contributed by atoms with Crippen LogP contribution in [0, 0.1) is 0 Å². The van der Waals surface area contributed by atoms with Gasteiger partial charge < -0.3 is 0 Å². The van der Waals surface area contributed by atoms with Gasteiger partial charge in [-0.3, -0.25) is 0 Å². The number of nitrogens with zero attached hydrogens (tertiary/aromatic N) is 2. The van der Waals surface area contributed by atoms with E-state index in [1.165, 1.54) is 26.0 Å². The van der Waals surface area contributed by atoms with Crippen LogP contribution in [-0.4, -0.2) is 22.3 Å². The van der Waals surface area contributed by atoms with Crippen LogP contribution in [0.25, 0.3) is 56.2 Å². The normalized spacial score (nSPS) is 20.7. The number of benzene rings is 4. The van der Waals surface area contributed by atoms with E-state index in [2.05, 4.69) is 26.0 Å². The topological polar surface area (TPSA) is 25.8 Å². The maximum atomic E-state index is 14.5. The van der Waals surface area contributed by atoms with E-state index >= 15 is 0 Å². The molecular weight excluding hydrogens is 658 g/mol. The van der Waals surface area contributed by atoms with Gasteiger partial charge in [0.2, 0.25) is 0 Å². The third-order valence-corrected chi connectivity index (χ3v) is 11.7. The molecule has 0 bridgehead atoms. The van der Waals surface area contributed by atoms with Gasteiger partial charge in [-0.1, -0.05) is 98.8 Å². The summed E-state index contributed by atoms with van der Waals surface area (Å²) in [5.74, 6) is 0. The molecule has 0 saturated heterocycles. The fraction of sp³-hybridized carbons (Fsp3) is 0.209. The smallest absolute Gasteiger partial charge is 0.247 e. The summed E-state index contributed by atoms with van der Waals surface area (Å²) in [5.41, 5.74) is 4.52. The van der Waals surface area contributed by atoms with E-state index < -0.39 is 28.6 Å². The first-order chi connectivity index (χ1) is 24.1. The first-order valence-electron chi connectivity index (χ1n) is 16.7. The van der Waals surface area contributed by atoms with E-state index in [1.807, 2.05) is 24.3 Å². The molecule has 0 radical (unpaired) electrons. The molecule has 2 heterocycles. The van der Waals surface area contributed by atoms with Crippen molar-refractivity contribution in [2.45, 2.75) is 56.3 Å². The fourth-order valence-corrected chi connectivity index (χ4v) is 8.67. The molecule has 2 aromatic heterocycles. The fourth-order valence-electron chi connectivity index (χ4n) is 8.67. The summed E-state index contributed by atoms with van der Waals surface area (Å²) in [6.07, 6.45) is -8.99. The van der Waals surface area contributed by atoms with Gasteiger partial charge in [-0.2, -0.15) is 26.3 Å². The Balaban J connectivity index is 1.11. The summed E-state index contributed by atoms with van der Waals surface area (Å²) < 4.78 is 87.3. The standard InChI is InChI=1S/C43H30F6N2/c1-39(2)33-21-23(35-19-17-31-37(50-35)27-9-5-7-11-29(27)40(31,3)42(44,45)46)13-15-25(33)26-16-14-24(22-34(26)39)36-20-18-32-38(51-36)28-10-6-8-12-30(28)41(32,4)43(47,48)49/h5-22H,1-4H3. The molecule has 0 N–H and O–H groups in total. The first kappa shape index (κ1) is 31.7. The number of alkyl halides is 6. The van der Waals surface area contributed by atoms with Gasteiger partial charge in [0, 0.05) is 27.7 Å². The summed E-state index contributed by atoms with van der Waals surface area (Å²) in [7, 11) is 0. The SMILES string of the molecule is CC1(C)c2cc(-c3ccc4c(n3)-c3ccccc3C4(C)C(F)(F)F)ccc2-c2ccc(-c3ccc4c(n3)-c3ccccc3C4(C)C(F)(F)F)cc21. The molecule has 254 valence electrons. The lowest BCUT2D eigenvalue weighted by molar-refractivity contribution is -0.172. The molecular formula is C43H30F6N2. The quantitative estimate of drug-likeness (QED) is 0.169. The van der Waals surface area contributed by atoms with E-state index in [1.54, 1.807) is 60.7 Å². The maximum Gasteiger partial charge on any atom is 0.402 e. The minimum Gasteiger partial charge on any atom is -0.247 e. The highest BCUT2D eigenvalue weighted by atomic mass is 19.4. The van der Waals surface area contributed by atoms with Gasteiger partial charge in [0.1, 0.15) is 10.8 Å². The molecule has 0 aliphatic heterocycles. The lowest BCUT2D eigenvalue weighted by Gasteiger charge is -2.29. The second-order valence-electron chi connectivity index (χ2n) is 14.7. The van der Waals surface area contributed by atoms with Gasteiger partial charge in [0.05, 0.1) is 22.8 Å². The van der Waals surface area contributed by atoms with Crippen LogP contribution in [0.15, 0.2) is 109 Å². The number of halogens is 6. The lowest BCUT2D eigenvalue weighted by Crippen LogP contribution is -2.38. The van der Waals surface area contributed by atoms with Crippen molar-refractivity contribution < 1.29 is 26.3 Å². The zero-order chi connectivity index (χ0) is 35.9. The van der Waals surface area contributed by atoms with E-state index in [0.717, 1.165) is 33.4 Å². The average molecular weight is 689 g/mol. The Bertz CT molecular complexity index is 2300. The number of hydrogen-bond donors (Lipinski definition) is 0. The van der Waals surface area contributed by atoms with Crippen LogP contribution in [0.1, 0.15) is 61.1 Å². The van der Waals surface area contributed by atoms with Gasteiger partial charge in [0.25, 0.3) is 0 Å². The summed E-state index contributed by atoms with van der Waals surface area (Å²) in [5, 5.41) is 0. The van der Waals surface area contributed by atoms with Gasteiger partial charge in [-0.25, -0.2) is 9.97 Å². The van der Waals surface area contributed by atoms with Crippen molar-refractivity contribution >= 4 is 0 Å². The molecule has 0 fully saturated rings. The molecule has 3 aliphatic carbocycles. The Kier molecular flexibility index (Phi) is 6.20. The van der Waals surface area contributed by atoms with Crippen LogP contribution in [0.3, 0.4) is 0 Å². The monoisotopic (exact) mass is 688 g/mol. The third-order valence-electron chi connectivity index (χ3n) is 11.7. The van der Waals surface area contributed by atoms with Crippen LogP contribution in [0.5, 0.6) is 0 Å². The minimum absolute atomic E-state index is 0.146. The molecule has 9 rings (SSSR count). The van der Waals surface area contributed by atoms with Gasteiger partial charge in [-0.05, 0) is 82.6 Å². The summed E-state index contributed by atoms with van der Waals surface area (Å²) in [6, 6.07) is 31.8. The van der Waals surface area contributed by atoms with E-state index in [9.17, 15) is 26.3 Å². The highest BCUT2D eigenvalue weighted by molar-refractivity contribution is 5.87. The first-order valence-corrected chi connectivity index (χ1v) is 16.7. The number of fused-ring (bicyclic) bond motifs is 9. The summed E-state index contributed by atoms with van der Waals surface area (Å²) >= 11 is 0. The van der Waals surface area contributed by atoms with E-state index in [0.29, 0.717) is 33.9 Å². The van der Waals surface area contributed by atoms with Crippen LogP contribution in [-0.2, 0) is 16.2 Å². The average Bonchev–Trinajstić information content (AvgIpc) is 3.63. The van der Waals surface area contributed by atoms with Crippen molar-refractivity contribution in [3.63, 3.8) is 0 Å². The predicted molar refractivity (Wildman–Crippen MR) is 186 cm³/mol. The molecule has 8 heteroatoms. The Hall–Kier alpha value is -5.24. The summed E-state index contributed by atoms with van der Waals surface area (Å²) in [6.45, 7) is 6.68. The highest BCUT2D eigenvalue weighted by Crippen LogP contribution is 2.58. The molecule has 2 unspecified atom stereocenters. The zero-order valence-corrected chi connectivity index (χ0v) is 28.1. The van der Waals surface area contributed by atoms with Crippen molar-refractivity contribution in [3.05, 3.63) is 143 Å². The van der Waals surface area contributed by atoms with Gasteiger partial charge in [-0.15, -0.1) is 0 Å². The second kappa shape index (κ2) is 9.96. The Morgan fingerprint density at radius 1 is 0.412 bits per heavy atom. The van der Waals surface area contributed by atoms with Crippen molar-refractivity contribution in [3.8, 4) is 56.2 Å². The molecule has 0 saturated carbocycles. The zero-order valence-electron chi connectivity index (χ0n) is 28.1. The van der Waals surface area contributed by atoms with Gasteiger partial charge in [0.15, 0.2) is 0 Å². The molecule has 0 amide bonds. The lowest BCUT2D eigenvalue weighted by atomic mass is 9.79. The molecule has 6 aromatic rings. The third kappa shape index (κ3) is 4.02. The van der Waals surface area contributed by atoms with Crippen LogP contribution in [0.2, 0.25) is 0 Å². The van der Waals surface area contributed by atoms with E-state index in [-0.39, 0.29) is 22.3 Å². The molecule has 3 aliphatic rings. The molecule has 2 atom stereocenters. The van der Waals surface area contributed by atoms with Crippen LogP contribution < -0.4 is 0 Å². The Labute approximate surface area is 290 Å². The number of aromatic nitrogens is 2. The maximum absolute atomic E-state index is 14.5. The van der Waals surface area contributed by atoms with Crippen molar-refractivity contribution in [1.29, 1.82) is 0 Å². The van der Waals surface area contributed by atoms with Crippen molar-refractivity contribution in [2.75, 3.05) is 0 Å². The second-order valence-corrected chi connectivity index (χ2v) is 14.7. The minimum atomic E-state index is -4.50. The number of pyridine rings is 2. The van der Waals surface area contributed by atoms with Crippen molar-refractivity contribution in [2.24, 2.45) is 0 Å².